The lowest BCUT2D eigenvalue weighted by molar-refractivity contribution is -0.145. The van der Waals surface area contributed by atoms with Crippen molar-refractivity contribution in [1.82, 2.24) is 35.3 Å². The van der Waals surface area contributed by atoms with E-state index in [1.807, 2.05) is 0 Å². The van der Waals surface area contributed by atoms with Gasteiger partial charge in [-0.3, -0.25) is 9.59 Å². The molecule has 0 spiro atoms. The largest absolute Gasteiger partial charge is 0.347 e. The number of tetrazole rings is 1. The van der Waals surface area contributed by atoms with E-state index in [0.717, 1.165) is 0 Å². The highest BCUT2D eigenvalue weighted by Crippen LogP contribution is 2.07. The molecule has 1 unspecified atom stereocenters. The first-order chi connectivity index (χ1) is 9.09. The van der Waals surface area contributed by atoms with Crippen LogP contribution in [0, 0.1) is 0 Å². The summed E-state index contributed by atoms with van der Waals surface area (Å²) in [7, 11) is 3.36. The molecule has 1 N–H and O–H groups in total. The second-order valence-electron chi connectivity index (χ2n) is 4.55. The molecule has 19 heavy (non-hydrogen) atoms. The standard InChI is InChI=1S/C10H17N7O2/c1-15(2)10(19)8-5-11-3-4-17(8)9(18)6-16-7-12-13-14-16/h7-8,11H,3-6H2,1-2H3. The van der Waals surface area contributed by atoms with E-state index in [9.17, 15) is 9.59 Å². The van der Waals surface area contributed by atoms with Crippen LogP contribution in [0.4, 0.5) is 0 Å². The summed E-state index contributed by atoms with van der Waals surface area (Å²) in [5.41, 5.74) is 0. The second kappa shape index (κ2) is 5.74. The van der Waals surface area contributed by atoms with Crippen molar-refractivity contribution in [2.45, 2.75) is 12.6 Å². The van der Waals surface area contributed by atoms with Gasteiger partial charge < -0.3 is 15.1 Å². The molecule has 2 amide bonds. The van der Waals surface area contributed by atoms with Gasteiger partial charge >= 0.3 is 0 Å². The number of piperazine rings is 1. The molecular formula is C10H17N7O2. The van der Waals surface area contributed by atoms with Crippen LogP contribution >= 0.6 is 0 Å². The number of aromatic nitrogens is 4. The summed E-state index contributed by atoms with van der Waals surface area (Å²) in [5, 5.41) is 13.7. The van der Waals surface area contributed by atoms with Gasteiger partial charge in [-0.15, -0.1) is 5.10 Å². The van der Waals surface area contributed by atoms with E-state index in [2.05, 4.69) is 20.8 Å². The molecule has 1 aliphatic heterocycles. The summed E-state index contributed by atoms with van der Waals surface area (Å²) in [5.74, 6) is -0.244. The van der Waals surface area contributed by atoms with Crippen LogP contribution in [0.5, 0.6) is 0 Å². The second-order valence-corrected chi connectivity index (χ2v) is 4.55. The topological polar surface area (TPSA) is 96.2 Å². The summed E-state index contributed by atoms with van der Waals surface area (Å²) >= 11 is 0. The third-order valence-corrected chi connectivity index (χ3v) is 2.98. The van der Waals surface area contributed by atoms with Crippen molar-refractivity contribution in [2.75, 3.05) is 33.7 Å². The van der Waals surface area contributed by atoms with Gasteiger partial charge in [-0.05, 0) is 10.4 Å². The summed E-state index contributed by atoms with van der Waals surface area (Å²) in [6, 6.07) is -0.465. The van der Waals surface area contributed by atoms with Crippen LogP contribution in [-0.2, 0) is 16.1 Å². The van der Waals surface area contributed by atoms with Crippen molar-refractivity contribution in [3.8, 4) is 0 Å². The van der Waals surface area contributed by atoms with E-state index in [1.54, 1.807) is 19.0 Å². The van der Waals surface area contributed by atoms with Gasteiger partial charge in [0.05, 0.1) is 0 Å². The molecule has 0 aromatic carbocycles. The average Bonchev–Trinajstić information content (AvgIpc) is 2.90. The van der Waals surface area contributed by atoms with Gasteiger partial charge in [0.1, 0.15) is 18.9 Å². The lowest BCUT2D eigenvalue weighted by Gasteiger charge is -2.36. The fourth-order valence-electron chi connectivity index (χ4n) is 2.00. The number of rotatable bonds is 3. The van der Waals surface area contributed by atoms with Crippen molar-refractivity contribution in [3.05, 3.63) is 6.33 Å². The summed E-state index contributed by atoms with van der Waals surface area (Å²) < 4.78 is 1.35. The van der Waals surface area contributed by atoms with Crippen LogP contribution in [0.25, 0.3) is 0 Å². The molecule has 2 heterocycles. The SMILES string of the molecule is CN(C)C(=O)C1CNCCN1C(=O)Cn1cnnn1. The maximum absolute atomic E-state index is 12.2. The Labute approximate surface area is 110 Å². The number of carbonyl (C=O) groups excluding carboxylic acids is 2. The Morgan fingerprint density at radius 3 is 2.89 bits per heavy atom. The Bertz CT molecular complexity index is 445. The first-order valence-corrected chi connectivity index (χ1v) is 6.01. The van der Waals surface area contributed by atoms with Crippen molar-refractivity contribution in [2.24, 2.45) is 0 Å². The van der Waals surface area contributed by atoms with Crippen molar-refractivity contribution in [1.29, 1.82) is 0 Å². The molecule has 1 atom stereocenters. The molecule has 1 aromatic heterocycles. The summed E-state index contributed by atoms with van der Waals surface area (Å²) in [4.78, 5) is 27.4. The summed E-state index contributed by atoms with van der Waals surface area (Å²) in [6.45, 7) is 1.70. The van der Waals surface area contributed by atoms with E-state index < -0.39 is 6.04 Å². The zero-order valence-corrected chi connectivity index (χ0v) is 11.0. The van der Waals surface area contributed by atoms with E-state index in [0.29, 0.717) is 19.6 Å². The number of amides is 2. The molecule has 1 fully saturated rings. The van der Waals surface area contributed by atoms with Gasteiger partial charge in [0.2, 0.25) is 11.8 Å². The Kier molecular flexibility index (Phi) is 4.05. The zero-order chi connectivity index (χ0) is 13.8. The number of hydrogen-bond acceptors (Lipinski definition) is 6. The van der Waals surface area contributed by atoms with E-state index in [-0.39, 0.29) is 18.4 Å². The molecule has 1 aromatic rings. The Morgan fingerprint density at radius 2 is 2.26 bits per heavy atom. The Hall–Kier alpha value is -2.03. The minimum Gasteiger partial charge on any atom is -0.347 e. The minimum absolute atomic E-state index is 0.0458. The van der Waals surface area contributed by atoms with Crippen LogP contribution in [0.1, 0.15) is 0 Å². The molecule has 2 rings (SSSR count). The lowest BCUT2D eigenvalue weighted by atomic mass is 10.1. The third kappa shape index (κ3) is 3.05. The molecular weight excluding hydrogens is 250 g/mol. The molecule has 0 radical (unpaired) electrons. The third-order valence-electron chi connectivity index (χ3n) is 2.98. The van der Waals surface area contributed by atoms with Crippen LogP contribution in [0.3, 0.4) is 0 Å². The predicted octanol–water partition coefficient (Wildman–Crippen LogP) is -2.44. The minimum atomic E-state index is -0.465. The molecule has 104 valence electrons. The van der Waals surface area contributed by atoms with E-state index in [1.165, 1.54) is 15.9 Å². The quantitative estimate of drug-likeness (QED) is 0.653. The normalized spacial score (nSPS) is 19.3. The Morgan fingerprint density at radius 1 is 1.47 bits per heavy atom. The average molecular weight is 267 g/mol. The molecule has 0 bridgehead atoms. The molecule has 9 nitrogen and oxygen atoms in total. The predicted molar refractivity (Wildman–Crippen MR) is 64.9 cm³/mol. The molecule has 1 saturated heterocycles. The van der Waals surface area contributed by atoms with Gasteiger partial charge in [0, 0.05) is 33.7 Å². The maximum atomic E-state index is 12.2. The molecule has 9 heteroatoms. The number of likely N-dealkylation sites (N-methyl/N-ethyl adjacent to an activating group) is 1. The highest BCUT2D eigenvalue weighted by Gasteiger charge is 2.32. The van der Waals surface area contributed by atoms with Crippen LogP contribution in [-0.4, -0.2) is 81.6 Å². The van der Waals surface area contributed by atoms with Crippen molar-refractivity contribution < 1.29 is 9.59 Å². The monoisotopic (exact) mass is 267 g/mol. The van der Waals surface area contributed by atoms with Crippen LogP contribution in [0.2, 0.25) is 0 Å². The van der Waals surface area contributed by atoms with Crippen molar-refractivity contribution in [3.63, 3.8) is 0 Å². The molecule has 0 saturated carbocycles. The first-order valence-electron chi connectivity index (χ1n) is 6.01. The highest BCUT2D eigenvalue weighted by molar-refractivity contribution is 5.87. The fourth-order valence-corrected chi connectivity index (χ4v) is 2.00. The summed E-state index contributed by atoms with van der Waals surface area (Å²) in [6.07, 6.45) is 1.38. The number of carbonyl (C=O) groups is 2. The fraction of sp³-hybridized carbons (Fsp3) is 0.700. The van der Waals surface area contributed by atoms with Gasteiger partial charge in [-0.1, -0.05) is 0 Å². The maximum Gasteiger partial charge on any atom is 0.246 e. The number of hydrogen-bond donors (Lipinski definition) is 1. The number of nitrogens with zero attached hydrogens (tertiary/aromatic N) is 6. The van der Waals surface area contributed by atoms with E-state index >= 15 is 0 Å². The number of nitrogens with one attached hydrogen (secondary N) is 1. The smallest absolute Gasteiger partial charge is 0.246 e. The van der Waals surface area contributed by atoms with Gasteiger partial charge in [-0.2, -0.15) is 0 Å². The first kappa shape index (κ1) is 13.4. The molecule has 1 aliphatic rings. The Balaban J connectivity index is 2.06. The highest BCUT2D eigenvalue weighted by atomic mass is 16.2. The van der Waals surface area contributed by atoms with Crippen LogP contribution < -0.4 is 5.32 Å². The van der Waals surface area contributed by atoms with Crippen LogP contribution in [0.15, 0.2) is 6.33 Å². The molecule has 0 aliphatic carbocycles. The van der Waals surface area contributed by atoms with E-state index in [4.69, 9.17) is 0 Å². The van der Waals surface area contributed by atoms with Gasteiger partial charge in [-0.25, -0.2) is 4.68 Å². The van der Waals surface area contributed by atoms with Crippen molar-refractivity contribution >= 4 is 11.8 Å². The zero-order valence-electron chi connectivity index (χ0n) is 11.0. The van der Waals surface area contributed by atoms with Gasteiger partial charge in [0.15, 0.2) is 0 Å². The van der Waals surface area contributed by atoms with Gasteiger partial charge in [0.25, 0.3) is 0 Å². The lowest BCUT2D eigenvalue weighted by Crippen LogP contribution is -2.59.